The summed E-state index contributed by atoms with van der Waals surface area (Å²) in [6.07, 6.45) is 2.31. The van der Waals surface area contributed by atoms with Gasteiger partial charge < -0.3 is 15.3 Å². The number of amidine groups is 1. The molecule has 0 bridgehead atoms. The molecule has 0 spiro atoms. The number of hydrogen-bond acceptors (Lipinski definition) is 5. The van der Waals surface area contributed by atoms with Crippen molar-refractivity contribution in [2.24, 2.45) is 4.99 Å². The number of hydrogen-bond donors (Lipinski definition) is 2. The van der Waals surface area contributed by atoms with Gasteiger partial charge in [0.15, 0.2) is 5.54 Å². The van der Waals surface area contributed by atoms with E-state index in [0.29, 0.717) is 29.4 Å². The molecule has 210 valence electrons. The van der Waals surface area contributed by atoms with E-state index in [9.17, 15) is 18.7 Å². The van der Waals surface area contributed by atoms with Crippen LogP contribution in [0.2, 0.25) is 0 Å². The number of rotatable bonds is 9. The number of amides is 1. The topological polar surface area (TPSA) is 68.2 Å². The molecule has 6 nitrogen and oxygen atoms in total. The molecule has 5 rings (SSSR count). The lowest BCUT2D eigenvalue weighted by Crippen LogP contribution is -2.43. The van der Waals surface area contributed by atoms with Gasteiger partial charge in [-0.1, -0.05) is 36.4 Å². The number of aliphatic hydroxyl groups is 1. The highest BCUT2D eigenvalue weighted by Crippen LogP contribution is 2.40. The van der Waals surface area contributed by atoms with Crippen molar-refractivity contribution in [3.63, 3.8) is 0 Å². The molecule has 8 heteroatoms. The number of aliphatic hydroxyl groups excluding tert-OH is 1. The molecule has 1 fully saturated rings. The van der Waals surface area contributed by atoms with Gasteiger partial charge in [0, 0.05) is 12.2 Å². The van der Waals surface area contributed by atoms with Crippen LogP contribution in [0.1, 0.15) is 55.7 Å². The number of aliphatic imine (C=N–C) groups is 1. The van der Waals surface area contributed by atoms with Crippen LogP contribution in [0.4, 0.5) is 14.5 Å². The van der Waals surface area contributed by atoms with Crippen LogP contribution >= 0.6 is 0 Å². The fourth-order valence-corrected chi connectivity index (χ4v) is 5.95. The summed E-state index contributed by atoms with van der Waals surface area (Å²) < 4.78 is 27.5. The van der Waals surface area contributed by atoms with Crippen molar-refractivity contribution < 1.29 is 18.7 Å². The summed E-state index contributed by atoms with van der Waals surface area (Å²) >= 11 is 0. The molecule has 0 aromatic heterocycles. The molecular weight excluding hydrogens is 510 g/mol. The van der Waals surface area contributed by atoms with Crippen LogP contribution in [0.5, 0.6) is 0 Å². The molecule has 40 heavy (non-hydrogen) atoms. The Morgan fingerprint density at radius 1 is 0.975 bits per heavy atom. The minimum Gasteiger partial charge on any atom is -0.374 e. The maximum atomic E-state index is 14.0. The van der Waals surface area contributed by atoms with E-state index in [1.165, 1.54) is 29.8 Å². The van der Waals surface area contributed by atoms with E-state index in [1.54, 1.807) is 36.1 Å². The molecule has 0 aliphatic carbocycles. The molecule has 3 aromatic carbocycles. The Balaban J connectivity index is 1.21. The van der Waals surface area contributed by atoms with Crippen LogP contribution in [0.3, 0.4) is 0 Å². The number of carbonyl (C=O) groups is 1. The standard InChI is InChI=1S/C32H36F2N4O2/c1-22-36-32(26-7-11-28(33)12-8-26,27-9-13-29(34)14-10-27)31(40)38(22)18-4-17-37-19-15-24(16-20-37)25-5-3-6-30(21-25)35-23(2)39/h3,5-14,21,23-24,35,39H,4,15-20H2,1-2H3. The van der Waals surface area contributed by atoms with Gasteiger partial charge in [0.05, 0.1) is 0 Å². The Morgan fingerprint density at radius 3 is 2.15 bits per heavy atom. The van der Waals surface area contributed by atoms with Crippen LogP contribution in [0.25, 0.3) is 0 Å². The third kappa shape index (κ3) is 5.78. The van der Waals surface area contributed by atoms with E-state index in [4.69, 9.17) is 4.99 Å². The van der Waals surface area contributed by atoms with Crippen LogP contribution in [-0.4, -0.2) is 59.1 Å². The molecule has 2 heterocycles. The van der Waals surface area contributed by atoms with Crippen molar-refractivity contribution in [2.75, 3.05) is 31.5 Å². The summed E-state index contributed by atoms with van der Waals surface area (Å²) in [5.41, 5.74) is 1.97. The molecule has 2 aliphatic rings. The minimum absolute atomic E-state index is 0.201. The Kier molecular flexibility index (Phi) is 8.28. The van der Waals surface area contributed by atoms with E-state index >= 15 is 0 Å². The third-order valence-corrected chi connectivity index (χ3v) is 7.98. The summed E-state index contributed by atoms with van der Waals surface area (Å²) in [5, 5.41) is 12.7. The first kappa shape index (κ1) is 27.9. The zero-order chi connectivity index (χ0) is 28.3. The summed E-state index contributed by atoms with van der Waals surface area (Å²) in [4.78, 5) is 23.0. The molecular formula is C32H36F2N4O2. The largest absolute Gasteiger partial charge is 0.374 e. The van der Waals surface area contributed by atoms with Crippen molar-refractivity contribution in [3.8, 4) is 0 Å². The van der Waals surface area contributed by atoms with Gasteiger partial charge in [-0.25, -0.2) is 13.8 Å². The summed E-state index contributed by atoms with van der Waals surface area (Å²) in [6.45, 7) is 6.88. The lowest BCUT2D eigenvalue weighted by molar-refractivity contribution is -0.130. The highest BCUT2D eigenvalue weighted by molar-refractivity contribution is 6.09. The molecule has 0 saturated carbocycles. The first-order valence-corrected chi connectivity index (χ1v) is 13.9. The van der Waals surface area contributed by atoms with Crippen molar-refractivity contribution in [3.05, 3.63) is 101 Å². The predicted octanol–water partition coefficient (Wildman–Crippen LogP) is 5.49. The van der Waals surface area contributed by atoms with Gasteiger partial charge in [0.2, 0.25) is 0 Å². The normalized spacial score (nSPS) is 18.6. The van der Waals surface area contributed by atoms with Crippen molar-refractivity contribution >= 4 is 17.4 Å². The first-order valence-electron chi connectivity index (χ1n) is 13.9. The second kappa shape index (κ2) is 11.9. The van der Waals surface area contributed by atoms with Crippen LogP contribution in [0.15, 0.2) is 77.8 Å². The molecule has 0 radical (unpaired) electrons. The lowest BCUT2D eigenvalue weighted by atomic mass is 9.82. The Labute approximate surface area is 234 Å². The minimum atomic E-state index is -1.36. The number of piperidine rings is 1. The van der Waals surface area contributed by atoms with Crippen LogP contribution in [-0.2, 0) is 10.3 Å². The quantitative estimate of drug-likeness (QED) is 0.349. The second-order valence-corrected chi connectivity index (χ2v) is 10.8. The molecule has 3 aromatic rings. The van der Waals surface area contributed by atoms with Crippen molar-refractivity contribution in [1.82, 2.24) is 9.80 Å². The average molecular weight is 547 g/mol. The Bertz CT molecular complexity index is 1300. The van der Waals surface area contributed by atoms with E-state index in [2.05, 4.69) is 22.3 Å². The number of nitrogens with one attached hydrogen (secondary N) is 1. The lowest BCUT2D eigenvalue weighted by Gasteiger charge is -2.33. The molecule has 1 amide bonds. The van der Waals surface area contributed by atoms with Crippen LogP contribution in [0, 0.1) is 11.6 Å². The molecule has 2 aliphatic heterocycles. The maximum absolute atomic E-state index is 14.0. The number of anilines is 1. The number of halogens is 2. The maximum Gasteiger partial charge on any atom is 0.265 e. The van der Waals surface area contributed by atoms with Crippen molar-refractivity contribution in [1.29, 1.82) is 0 Å². The van der Waals surface area contributed by atoms with Gasteiger partial charge in [-0.3, -0.25) is 9.69 Å². The van der Waals surface area contributed by atoms with Crippen LogP contribution < -0.4 is 5.32 Å². The predicted molar refractivity (Wildman–Crippen MR) is 153 cm³/mol. The zero-order valence-electron chi connectivity index (χ0n) is 23.0. The van der Waals surface area contributed by atoms with Crippen molar-refractivity contribution in [2.45, 2.75) is 50.8 Å². The third-order valence-electron chi connectivity index (χ3n) is 7.98. The molecule has 1 atom stereocenters. The fraction of sp³-hybridized carbons (Fsp3) is 0.375. The Morgan fingerprint density at radius 2 is 1.57 bits per heavy atom. The van der Waals surface area contributed by atoms with Gasteiger partial charge in [-0.15, -0.1) is 0 Å². The first-order chi connectivity index (χ1) is 19.3. The summed E-state index contributed by atoms with van der Waals surface area (Å²) in [6, 6.07) is 19.9. The summed E-state index contributed by atoms with van der Waals surface area (Å²) in [7, 11) is 0. The van der Waals surface area contributed by atoms with Gasteiger partial charge in [0.25, 0.3) is 5.91 Å². The zero-order valence-corrected chi connectivity index (χ0v) is 23.0. The van der Waals surface area contributed by atoms with E-state index in [-0.39, 0.29) is 5.91 Å². The monoisotopic (exact) mass is 546 g/mol. The van der Waals surface area contributed by atoms with Gasteiger partial charge in [0.1, 0.15) is 23.7 Å². The van der Waals surface area contributed by atoms with Gasteiger partial charge in [-0.05, 0) is 112 Å². The number of carbonyl (C=O) groups excluding carboxylic acids is 1. The van der Waals surface area contributed by atoms with E-state index < -0.39 is 23.4 Å². The smallest absolute Gasteiger partial charge is 0.265 e. The number of benzene rings is 3. The molecule has 1 saturated heterocycles. The van der Waals surface area contributed by atoms with E-state index in [0.717, 1.165) is 44.6 Å². The number of likely N-dealkylation sites (tertiary alicyclic amines) is 1. The number of nitrogens with zero attached hydrogens (tertiary/aromatic N) is 3. The van der Waals surface area contributed by atoms with Gasteiger partial charge >= 0.3 is 0 Å². The highest BCUT2D eigenvalue weighted by Gasteiger charge is 2.49. The highest BCUT2D eigenvalue weighted by atomic mass is 19.1. The average Bonchev–Trinajstić information content (AvgIpc) is 3.20. The second-order valence-electron chi connectivity index (χ2n) is 10.8. The SMILES string of the molecule is CC1=NC(c2ccc(F)cc2)(c2ccc(F)cc2)C(=O)N1CCCN1CCC(c2cccc(NC(C)O)c2)CC1. The van der Waals surface area contributed by atoms with E-state index in [1.807, 2.05) is 19.1 Å². The van der Waals surface area contributed by atoms with Gasteiger partial charge in [-0.2, -0.15) is 0 Å². The molecule has 1 unspecified atom stereocenters. The fourth-order valence-electron chi connectivity index (χ4n) is 5.95. The Hall–Kier alpha value is -3.62. The summed E-state index contributed by atoms with van der Waals surface area (Å²) in [5.74, 6) is 0.0899. The molecule has 2 N–H and O–H groups in total.